The quantitative estimate of drug-likeness (QED) is 0.756. The molecule has 0 aliphatic carbocycles. The van der Waals surface area contributed by atoms with Gasteiger partial charge in [-0.3, -0.25) is 9.78 Å². The van der Waals surface area contributed by atoms with Gasteiger partial charge in [-0.15, -0.1) is 11.3 Å². The van der Waals surface area contributed by atoms with Gasteiger partial charge in [0.05, 0.1) is 10.7 Å². The van der Waals surface area contributed by atoms with Crippen molar-refractivity contribution in [1.29, 1.82) is 0 Å². The van der Waals surface area contributed by atoms with Gasteiger partial charge in [0.15, 0.2) is 10.8 Å². The molecule has 0 aromatic carbocycles. The van der Waals surface area contributed by atoms with E-state index in [2.05, 4.69) is 9.97 Å². The van der Waals surface area contributed by atoms with E-state index in [0.717, 1.165) is 5.69 Å². The zero-order chi connectivity index (χ0) is 10.8. The van der Waals surface area contributed by atoms with E-state index in [9.17, 15) is 4.79 Å². The number of carbonyl (C=O) groups excluding carboxylic acids is 1. The topological polar surface area (TPSA) is 42.9 Å². The SMILES string of the molecule is CC(=O)c1nc(-c2ccc(Cl)cn2)cs1. The van der Waals surface area contributed by atoms with E-state index in [1.54, 1.807) is 18.3 Å². The van der Waals surface area contributed by atoms with E-state index in [1.165, 1.54) is 18.3 Å². The maximum atomic E-state index is 11.1. The van der Waals surface area contributed by atoms with Crippen molar-refractivity contribution < 1.29 is 4.79 Å². The highest BCUT2D eigenvalue weighted by Crippen LogP contribution is 2.21. The van der Waals surface area contributed by atoms with Gasteiger partial charge in [0.25, 0.3) is 0 Å². The summed E-state index contributed by atoms with van der Waals surface area (Å²) >= 11 is 7.04. The molecule has 0 bridgehead atoms. The lowest BCUT2D eigenvalue weighted by Crippen LogP contribution is -1.90. The second kappa shape index (κ2) is 4.08. The summed E-state index contributed by atoms with van der Waals surface area (Å²) in [6.07, 6.45) is 1.56. The van der Waals surface area contributed by atoms with E-state index >= 15 is 0 Å². The molecule has 15 heavy (non-hydrogen) atoms. The molecule has 0 aliphatic rings. The number of Topliss-reactive ketones (excluding diaryl/α,β-unsaturated/α-hetero) is 1. The van der Waals surface area contributed by atoms with Gasteiger partial charge < -0.3 is 0 Å². The Morgan fingerprint density at radius 1 is 1.40 bits per heavy atom. The first kappa shape index (κ1) is 10.3. The van der Waals surface area contributed by atoms with E-state index in [1.807, 2.05) is 5.38 Å². The molecule has 2 aromatic rings. The van der Waals surface area contributed by atoms with Crippen molar-refractivity contribution in [3.05, 3.63) is 33.7 Å². The van der Waals surface area contributed by atoms with Crippen LogP contribution in [0.5, 0.6) is 0 Å². The summed E-state index contributed by atoms with van der Waals surface area (Å²) in [7, 11) is 0. The Balaban J connectivity index is 2.37. The largest absolute Gasteiger partial charge is 0.292 e. The Morgan fingerprint density at radius 2 is 2.20 bits per heavy atom. The van der Waals surface area contributed by atoms with Crippen LogP contribution in [0.25, 0.3) is 11.4 Å². The summed E-state index contributed by atoms with van der Waals surface area (Å²) in [5.41, 5.74) is 1.44. The number of ketones is 1. The van der Waals surface area contributed by atoms with Crippen LogP contribution in [0.3, 0.4) is 0 Å². The maximum Gasteiger partial charge on any atom is 0.188 e. The third-order valence-corrected chi connectivity index (χ3v) is 2.96. The first-order chi connectivity index (χ1) is 7.16. The number of nitrogens with zero attached hydrogens (tertiary/aromatic N) is 2. The van der Waals surface area contributed by atoms with Crippen molar-refractivity contribution in [2.45, 2.75) is 6.92 Å². The van der Waals surface area contributed by atoms with Gasteiger partial charge in [0.2, 0.25) is 0 Å². The Bertz CT molecular complexity index is 492. The highest BCUT2D eigenvalue weighted by atomic mass is 35.5. The number of pyridine rings is 1. The fourth-order valence-corrected chi connectivity index (χ4v) is 1.91. The molecule has 0 unspecified atom stereocenters. The van der Waals surface area contributed by atoms with Crippen LogP contribution in [0.15, 0.2) is 23.7 Å². The third kappa shape index (κ3) is 2.22. The van der Waals surface area contributed by atoms with E-state index in [0.29, 0.717) is 15.7 Å². The third-order valence-electron chi connectivity index (χ3n) is 1.80. The molecule has 0 fully saturated rings. The fraction of sp³-hybridized carbons (Fsp3) is 0.100. The normalized spacial score (nSPS) is 10.3. The molecule has 0 saturated carbocycles. The van der Waals surface area contributed by atoms with Crippen LogP contribution in [-0.2, 0) is 0 Å². The molecule has 0 saturated heterocycles. The van der Waals surface area contributed by atoms with Crippen molar-refractivity contribution in [3.8, 4) is 11.4 Å². The average Bonchev–Trinajstić information content (AvgIpc) is 2.68. The molecule has 2 rings (SSSR count). The van der Waals surface area contributed by atoms with Crippen molar-refractivity contribution >= 4 is 28.7 Å². The van der Waals surface area contributed by atoms with Crippen molar-refractivity contribution in [2.24, 2.45) is 0 Å². The molecule has 0 radical (unpaired) electrons. The Morgan fingerprint density at radius 3 is 2.73 bits per heavy atom. The van der Waals surface area contributed by atoms with Crippen LogP contribution in [-0.4, -0.2) is 15.8 Å². The second-order valence-electron chi connectivity index (χ2n) is 2.96. The molecule has 2 aromatic heterocycles. The second-order valence-corrected chi connectivity index (χ2v) is 4.25. The molecule has 5 heteroatoms. The lowest BCUT2D eigenvalue weighted by molar-refractivity contribution is 0.101. The van der Waals surface area contributed by atoms with E-state index < -0.39 is 0 Å². The van der Waals surface area contributed by atoms with Crippen molar-refractivity contribution in [2.75, 3.05) is 0 Å². The lowest BCUT2D eigenvalue weighted by Gasteiger charge is -1.94. The number of rotatable bonds is 2. The number of carbonyl (C=O) groups is 1. The number of thiazole rings is 1. The molecule has 0 aliphatic heterocycles. The Hall–Kier alpha value is -1.26. The number of halogens is 1. The highest BCUT2D eigenvalue weighted by molar-refractivity contribution is 7.12. The summed E-state index contributed by atoms with van der Waals surface area (Å²) in [6, 6.07) is 3.53. The van der Waals surface area contributed by atoms with Crippen LogP contribution in [0.4, 0.5) is 0 Å². The minimum absolute atomic E-state index is 0.0276. The van der Waals surface area contributed by atoms with Gasteiger partial charge in [-0.2, -0.15) is 0 Å². The predicted molar refractivity (Wildman–Crippen MR) is 60.4 cm³/mol. The van der Waals surface area contributed by atoms with Crippen molar-refractivity contribution in [3.63, 3.8) is 0 Å². The van der Waals surface area contributed by atoms with E-state index in [4.69, 9.17) is 11.6 Å². The minimum Gasteiger partial charge on any atom is -0.292 e. The van der Waals surface area contributed by atoms with Gasteiger partial charge in [-0.05, 0) is 12.1 Å². The van der Waals surface area contributed by atoms with Crippen LogP contribution in [0.1, 0.15) is 16.7 Å². The van der Waals surface area contributed by atoms with Crippen LogP contribution in [0, 0.1) is 0 Å². The van der Waals surface area contributed by atoms with E-state index in [-0.39, 0.29) is 5.78 Å². The Kier molecular flexibility index (Phi) is 2.79. The van der Waals surface area contributed by atoms with Gasteiger partial charge in [0.1, 0.15) is 5.69 Å². The molecule has 0 amide bonds. The average molecular weight is 239 g/mol. The fourth-order valence-electron chi connectivity index (χ4n) is 1.08. The van der Waals surface area contributed by atoms with Gasteiger partial charge >= 0.3 is 0 Å². The molecular weight excluding hydrogens is 232 g/mol. The maximum absolute atomic E-state index is 11.1. The first-order valence-corrected chi connectivity index (χ1v) is 5.51. The molecular formula is C10H7ClN2OS. The molecule has 76 valence electrons. The standard InChI is InChI=1S/C10H7ClN2OS/c1-6(14)10-13-9(5-15-10)8-3-2-7(11)4-12-8/h2-5H,1H3. The molecule has 2 heterocycles. The zero-order valence-electron chi connectivity index (χ0n) is 7.90. The predicted octanol–water partition coefficient (Wildman–Crippen LogP) is 3.06. The molecule has 3 nitrogen and oxygen atoms in total. The van der Waals surface area contributed by atoms with Gasteiger partial charge in [0, 0.05) is 18.5 Å². The monoisotopic (exact) mass is 238 g/mol. The summed E-state index contributed by atoms with van der Waals surface area (Å²) in [5.74, 6) is -0.0276. The molecule has 0 atom stereocenters. The zero-order valence-corrected chi connectivity index (χ0v) is 9.47. The number of hydrogen-bond acceptors (Lipinski definition) is 4. The first-order valence-electron chi connectivity index (χ1n) is 4.25. The van der Waals surface area contributed by atoms with Crippen LogP contribution < -0.4 is 0 Å². The van der Waals surface area contributed by atoms with Crippen LogP contribution in [0.2, 0.25) is 5.02 Å². The highest BCUT2D eigenvalue weighted by Gasteiger charge is 2.08. The summed E-state index contributed by atoms with van der Waals surface area (Å²) < 4.78 is 0. The van der Waals surface area contributed by atoms with Gasteiger partial charge in [-0.25, -0.2) is 4.98 Å². The number of hydrogen-bond donors (Lipinski definition) is 0. The van der Waals surface area contributed by atoms with Crippen molar-refractivity contribution in [1.82, 2.24) is 9.97 Å². The van der Waals surface area contributed by atoms with Gasteiger partial charge in [-0.1, -0.05) is 11.6 Å². The van der Waals surface area contributed by atoms with Crippen LogP contribution >= 0.6 is 22.9 Å². The molecule has 0 N–H and O–H groups in total. The Labute approximate surface area is 95.8 Å². The smallest absolute Gasteiger partial charge is 0.188 e. The lowest BCUT2D eigenvalue weighted by atomic mass is 10.3. The molecule has 0 spiro atoms. The summed E-state index contributed by atoms with van der Waals surface area (Å²) in [5, 5.41) is 2.90. The summed E-state index contributed by atoms with van der Waals surface area (Å²) in [6.45, 7) is 1.50. The number of aromatic nitrogens is 2. The minimum atomic E-state index is -0.0276. The summed E-state index contributed by atoms with van der Waals surface area (Å²) in [4.78, 5) is 19.3.